The summed E-state index contributed by atoms with van der Waals surface area (Å²) >= 11 is 0. The maximum atomic E-state index is 11.4. The number of carbonyl (C=O) groups is 2. The van der Waals surface area contributed by atoms with Crippen LogP contribution in [-0.4, -0.2) is 31.2 Å². The Morgan fingerprint density at radius 2 is 1.65 bits per heavy atom. The van der Waals surface area contributed by atoms with Gasteiger partial charge in [-0.2, -0.15) is 0 Å². The number of hydrogen-bond donors (Lipinski definition) is 2. The van der Waals surface area contributed by atoms with Crippen molar-refractivity contribution in [2.24, 2.45) is 0 Å². The van der Waals surface area contributed by atoms with Gasteiger partial charge in [0.2, 0.25) is 0 Å². The van der Waals surface area contributed by atoms with Crippen molar-refractivity contribution in [2.75, 3.05) is 14.1 Å². The van der Waals surface area contributed by atoms with Crippen molar-refractivity contribution < 1.29 is 14.4 Å². The molecule has 0 aliphatic rings. The van der Waals surface area contributed by atoms with Crippen LogP contribution in [0.5, 0.6) is 0 Å². The van der Waals surface area contributed by atoms with E-state index in [1.807, 2.05) is 30.3 Å². The first-order valence-corrected chi connectivity index (χ1v) is 5.09. The topological polar surface area (TPSA) is 70.7 Å². The molecular formula is C11H15N3O3. The molecule has 0 saturated heterocycles. The first kappa shape index (κ1) is 13.0. The number of urea groups is 2. The van der Waals surface area contributed by atoms with E-state index in [9.17, 15) is 9.59 Å². The van der Waals surface area contributed by atoms with Crippen molar-refractivity contribution in [3.8, 4) is 0 Å². The molecule has 0 heterocycles. The highest BCUT2D eigenvalue weighted by Crippen LogP contribution is 2.03. The summed E-state index contributed by atoms with van der Waals surface area (Å²) in [6.45, 7) is 0.141. The van der Waals surface area contributed by atoms with Gasteiger partial charge in [-0.3, -0.25) is 4.84 Å². The van der Waals surface area contributed by atoms with E-state index < -0.39 is 12.1 Å². The summed E-state index contributed by atoms with van der Waals surface area (Å²) in [5, 5.41) is 5.28. The van der Waals surface area contributed by atoms with Gasteiger partial charge in [-0.15, -0.1) is 5.06 Å². The molecule has 0 saturated carbocycles. The Labute approximate surface area is 99.5 Å². The van der Waals surface area contributed by atoms with E-state index in [1.165, 1.54) is 14.1 Å². The molecule has 2 N–H and O–H groups in total. The summed E-state index contributed by atoms with van der Waals surface area (Å²) in [6, 6.07) is 8.00. The Balaban J connectivity index is 2.61. The van der Waals surface area contributed by atoms with Gasteiger partial charge in [0.05, 0.1) is 0 Å². The van der Waals surface area contributed by atoms with Crippen LogP contribution in [0.25, 0.3) is 0 Å². The number of nitrogens with zero attached hydrogens (tertiary/aromatic N) is 1. The van der Waals surface area contributed by atoms with E-state index >= 15 is 0 Å². The van der Waals surface area contributed by atoms with Crippen molar-refractivity contribution in [2.45, 2.75) is 6.61 Å². The van der Waals surface area contributed by atoms with Gasteiger partial charge in [0.15, 0.2) is 0 Å². The third-order valence-corrected chi connectivity index (χ3v) is 2.00. The minimum absolute atomic E-state index is 0.141. The average Bonchev–Trinajstić information content (AvgIpc) is 2.39. The zero-order valence-electron chi connectivity index (χ0n) is 9.77. The number of hydrogen-bond acceptors (Lipinski definition) is 3. The summed E-state index contributed by atoms with van der Waals surface area (Å²) in [6.07, 6.45) is 0. The Kier molecular flexibility index (Phi) is 4.96. The van der Waals surface area contributed by atoms with Crippen LogP contribution in [0.15, 0.2) is 30.3 Å². The molecule has 1 aromatic rings. The fourth-order valence-electron chi connectivity index (χ4n) is 1.13. The van der Waals surface area contributed by atoms with Gasteiger partial charge in [-0.05, 0) is 5.56 Å². The van der Waals surface area contributed by atoms with Gasteiger partial charge >= 0.3 is 12.1 Å². The maximum Gasteiger partial charge on any atom is 0.350 e. The van der Waals surface area contributed by atoms with Gasteiger partial charge in [-0.25, -0.2) is 9.59 Å². The fraction of sp³-hybridized carbons (Fsp3) is 0.273. The Morgan fingerprint density at radius 1 is 1.12 bits per heavy atom. The highest BCUT2D eigenvalue weighted by Gasteiger charge is 2.20. The molecule has 0 aromatic heterocycles. The molecule has 0 radical (unpaired) electrons. The molecule has 6 heteroatoms. The molecule has 17 heavy (non-hydrogen) atoms. The fourth-order valence-corrected chi connectivity index (χ4v) is 1.13. The second-order valence-electron chi connectivity index (χ2n) is 3.16. The molecule has 1 aromatic carbocycles. The number of benzene rings is 1. The number of rotatable bonds is 3. The quantitative estimate of drug-likeness (QED) is 0.773. The summed E-state index contributed by atoms with van der Waals surface area (Å²) in [7, 11) is 2.84. The number of imide groups is 1. The lowest BCUT2D eigenvalue weighted by molar-refractivity contribution is -0.0896. The lowest BCUT2D eigenvalue weighted by atomic mass is 10.2. The van der Waals surface area contributed by atoms with E-state index in [1.54, 1.807) is 0 Å². The van der Waals surface area contributed by atoms with E-state index in [2.05, 4.69) is 10.6 Å². The minimum atomic E-state index is -0.625. The Hall–Kier alpha value is -2.08. The largest absolute Gasteiger partial charge is 0.350 e. The van der Waals surface area contributed by atoms with Crippen LogP contribution >= 0.6 is 0 Å². The number of hydroxylamine groups is 2. The van der Waals surface area contributed by atoms with Crippen molar-refractivity contribution >= 4 is 12.1 Å². The number of amides is 4. The summed E-state index contributed by atoms with van der Waals surface area (Å²) in [5.74, 6) is 0. The maximum absolute atomic E-state index is 11.4. The molecule has 0 fully saturated rings. The number of carbonyl (C=O) groups excluding carboxylic acids is 2. The Morgan fingerprint density at radius 3 is 2.12 bits per heavy atom. The molecule has 6 nitrogen and oxygen atoms in total. The molecule has 0 unspecified atom stereocenters. The minimum Gasteiger partial charge on any atom is -0.339 e. The third-order valence-electron chi connectivity index (χ3n) is 2.00. The van der Waals surface area contributed by atoms with Crippen LogP contribution in [0, 0.1) is 0 Å². The standard InChI is InChI=1S/C11H15N3O3/c1-12-10(15)14(11(16)13-2)17-8-9-6-4-3-5-7-9/h3-7H,8H2,1-2H3,(H,12,15)(H,13,16). The average molecular weight is 237 g/mol. The zero-order chi connectivity index (χ0) is 12.7. The molecule has 4 amide bonds. The second kappa shape index (κ2) is 6.49. The lowest BCUT2D eigenvalue weighted by Gasteiger charge is -2.18. The summed E-state index contributed by atoms with van der Waals surface area (Å²) in [4.78, 5) is 27.9. The van der Waals surface area contributed by atoms with Crippen molar-refractivity contribution in [1.29, 1.82) is 0 Å². The van der Waals surface area contributed by atoms with Crippen molar-refractivity contribution in [3.05, 3.63) is 35.9 Å². The Bertz CT molecular complexity index is 365. The SMILES string of the molecule is CNC(=O)N(OCc1ccccc1)C(=O)NC. The highest BCUT2D eigenvalue weighted by atomic mass is 16.7. The first-order chi connectivity index (χ1) is 8.19. The predicted octanol–water partition coefficient (Wildman–Crippen LogP) is 1.10. The van der Waals surface area contributed by atoms with E-state index in [0.717, 1.165) is 5.56 Å². The van der Waals surface area contributed by atoms with Gasteiger partial charge in [0, 0.05) is 14.1 Å². The zero-order valence-corrected chi connectivity index (χ0v) is 9.77. The lowest BCUT2D eigenvalue weighted by Crippen LogP contribution is -2.46. The van der Waals surface area contributed by atoms with Crippen LogP contribution in [0.2, 0.25) is 0 Å². The molecule has 0 spiro atoms. The third kappa shape index (κ3) is 3.76. The van der Waals surface area contributed by atoms with E-state index in [4.69, 9.17) is 4.84 Å². The van der Waals surface area contributed by atoms with Crippen LogP contribution in [0.4, 0.5) is 9.59 Å². The van der Waals surface area contributed by atoms with Crippen LogP contribution in [0.3, 0.4) is 0 Å². The van der Waals surface area contributed by atoms with Crippen molar-refractivity contribution in [3.63, 3.8) is 0 Å². The number of nitrogens with one attached hydrogen (secondary N) is 2. The molecule has 0 aliphatic carbocycles. The van der Waals surface area contributed by atoms with Gasteiger partial charge in [0.25, 0.3) is 0 Å². The van der Waals surface area contributed by atoms with Crippen molar-refractivity contribution in [1.82, 2.24) is 15.7 Å². The molecule has 0 bridgehead atoms. The second-order valence-corrected chi connectivity index (χ2v) is 3.16. The molecule has 0 atom stereocenters. The highest BCUT2D eigenvalue weighted by molar-refractivity contribution is 5.91. The first-order valence-electron chi connectivity index (χ1n) is 5.09. The van der Waals surface area contributed by atoms with Crippen LogP contribution in [-0.2, 0) is 11.4 Å². The van der Waals surface area contributed by atoms with Crippen LogP contribution < -0.4 is 10.6 Å². The molecule has 1 rings (SSSR count). The van der Waals surface area contributed by atoms with Gasteiger partial charge < -0.3 is 10.6 Å². The monoisotopic (exact) mass is 237 g/mol. The van der Waals surface area contributed by atoms with E-state index in [-0.39, 0.29) is 6.61 Å². The van der Waals surface area contributed by atoms with Gasteiger partial charge in [-0.1, -0.05) is 30.3 Å². The molecule has 92 valence electrons. The summed E-state index contributed by atoms with van der Waals surface area (Å²) < 4.78 is 0. The summed E-state index contributed by atoms with van der Waals surface area (Å²) in [5.41, 5.74) is 0.866. The molecule has 0 aliphatic heterocycles. The van der Waals surface area contributed by atoms with Gasteiger partial charge in [0.1, 0.15) is 6.61 Å². The smallest absolute Gasteiger partial charge is 0.339 e. The normalized spacial score (nSPS) is 9.53. The predicted molar refractivity (Wildman–Crippen MR) is 62.0 cm³/mol. The molecular weight excluding hydrogens is 222 g/mol. The van der Waals surface area contributed by atoms with Crippen LogP contribution in [0.1, 0.15) is 5.56 Å². The van der Waals surface area contributed by atoms with E-state index in [0.29, 0.717) is 5.06 Å².